The SMILES string of the molecule is CCCCC[C@H](O)/C=C/[C@@H]1CC/C(=N\O)[C@H]1CCCCCCC(=O)O. The van der Waals surface area contributed by atoms with E-state index in [0.717, 1.165) is 76.3 Å². The molecule has 0 aromatic rings. The number of allylic oxidation sites excluding steroid dienone is 1. The maximum absolute atomic E-state index is 10.5. The van der Waals surface area contributed by atoms with Crippen LogP contribution in [-0.2, 0) is 4.79 Å². The van der Waals surface area contributed by atoms with Gasteiger partial charge in [-0.3, -0.25) is 4.79 Å². The van der Waals surface area contributed by atoms with Crippen LogP contribution in [0.5, 0.6) is 0 Å². The lowest BCUT2D eigenvalue weighted by molar-refractivity contribution is -0.137. The molecule has 144 valence electrons. The molecule has 0 aliphatic heterocycles. The van der Waals surface area contributed by atoms with E-state index >= 15 is 0 Å². The number of carboxylic acid groups (broad SMARTS) is 1. The Hall–Kier alpha value is -1.36. The predicted octanol–water partition coefficient (Wildman–Crippen LogP) is 4.77. The van der Waals surface area contributed by atoms with Crippen LogP contribution >= 0.6 is 0 Å². The lowest BCUT2D eigenvalue weighted by Gasteiger charge is -2.17. The Balaban J connectivity index is 2.38. The van der Waals surface area contributed by atoms with Crippen molar-refractivity contribution < 1.29 is 20.2 Å². The van der Waals surface area contributed by atoms with E-state index in [1.165, 1.54) is 0 Å². The zero-order valence-corrected chi connectivity index (χ0v) is 15.6. The van der Waals surface area contributed by atoms with Crippen molar-refractivity contribution in [3.63, 3.8) is 0 Å². The molecule has 1 aliphatic rings. The first-order valence-electron chi connectivity index (χ1n) is 9.87. The largest absolute Gasteiger partial charge is 0.481 e. The zero-order chi connectivity index (χ0) is 18.5. The Bertz CT molecular complexity index is 433. The Kier molecular flexibility index (Phi) is 11.2. The van der Waals surface area contributed by atoms with E-state index in [2.05, 4.69) is 18.2 Å². The van der Waals surface area contributed by atoms with Gasteiger partial charge in [0.15, 0.2) is 0 Å². The maximum Gasteiger partial charge on any atom is 0.303 e. The molecule has 1 saturated carbocycles. The number of carboxylic acids is 1. The van der Waals surface area contributed by atoms with Crippen LogP contribution in [-0.4, -0.2) is 33.2 Å². The fourth-order valence-electron chi connectivity index (χ4n) is 3.65. The van der Waals surface area contributed by atoms with Crippen molar-refractivity contribution in [2.75, 3.05) is 0 Å². The fraction of sp³-hybridized carbons (Fsp3) is 0.800. The Morgan fingerprint density at radius 3 is 2.68 bits per heavy atom. The van der Waals surface area contributed by atoms with Crippen LogP contribution in [0.15, 0.2) is 17.3 Å². The summed E-state index contributed by atoms with van der Waals surface area (Å²) in [6, 6.07) is 0. The number of aliphatic carboxylic acids is 1. The minimum Gasteiger partial charge on any atom is -0.481 e. The molecule has 0 aromatic carbocycles. The Morgan fingerprint density at radius 2 is 2.00 bits per heavy atom. The van der Waals surface area contributed by atoms with Gasteiger partial charge in [0.1, 0.15) is 0 Å². The average Bonchev–Trinajstić information content (AvgIpc) is 2.98. The van der Waals surface area contributed by atoms with Gasteiger partial charge in [0.05, 0.1) is 11.8 Å². The number of hydrogen-bond acceptors (Lipinski definition) is 4. The molecule has 0 heterocycles. The number of aliphatic hydroxyl groups is 1. The van der Waals surface area contributed by atoms with Crippen molar-refractivity contribution in [2.45, 2.75) is 90.1 Å². The normalized spacial score (nSPS) is 23.5. The van der Waals surface area contributed by atoms with E-state index in [-0.39, 0.29) is 18.4 Å². The molecule has 1 rings (SSSR count). The number of aliphatic hydroxyl groups excluding tert-OH is 1. The van der Waals surface area contributed by atoms with Gasteiger partial charge in [-0.05, 0) is 38.0 Å². The minimum atomic E-state index is -0.729. The van der Waals surface area contributed by atoms with Crippen molar-refractivity contribution in [1.82, 2.24) is 0 Å². The number of hydrogen-bond donors (Lipinski definition) is 3. The summed E-state index contributed by atoms with van der Waals surface area (Å²) >= 11 is 0. The molecule has 0 radical (unpaired) electrons. The Labute approximate surface area is 151 Å². The summed E-state index contributed by atoms with van der Waals surface area (Å²) in [5.41, 5.74) is 0.876. The average molecular weight is 354 g/mol. The Morgan fingerprint density at radius 1 is 1.24 bits per heavy atom. The highest BCUT2D eigenvalue weighted by molar-refractivity contribution is 5.88. The second kappa shape index (κ2) is 12.9. The first-order chi connectivity index (χ1) is 12.1. The molecule has 0 aromatic heterocycles. The first-order valence-corrected chi connectivity index (χ1v) is 9.87. The molecular weight excluding hydrogens is 318 g/mol. The van der Waals surface area contributed by atoms with Crippen LogP contribution < -0.4 is 0 Å². The summed E-state index contributed by atoms with van der Waals surface area (Å²) in [5.74, 6) is -0.137. The molecule has 3 atom stereocenters. The zero-order valence-electron chi connectivity index (χ0n) is 15.6. The van der Waals surface area contributed by atoms with Gasteiger partial charge < -0.3 is 15.4 Å². The highest BCUT2D eigenvalue weighted by Gasteiger charge is 2.31. The molecular formula is C20H35NO4. The molecule has 0 bridgehead atoms. The topological polar surface area (TPSA) is 90.1 Å². The predicted molar refractivity (Wildman–Crippen MR) is 100 cm³/mol. The summed E-state index contributed by atoms with van der Waals surface area (Å²) < 4.78 is 0. The van der Waals surface area contributed by atoms with Crippen LogP contribution in [0.25, 0.3) is 0 Å². The second-order valence-corrected chi connectivity index (χ2v) is 7.20. The van der Waals surface area contributed by atoms with E-state index in [0.29, 0.717) is 5.92 Å². The monoisotopic (exact) mass is 353 g/mol. The molecule has 1 aliphatic carbocycles. The highest BCUT2D eigenvalue weighted by atomic mass is 16.4. The molecule has 0 spiro atoms. The van der Waals surface area contributed by atoms with Gasteiger partial charge in [0.2, 0.25) is 0 Å². The van der Waals surface area contributed by atoms with E-state index in [9.17, 15) is 15.1 Å². The van der Waals surface area contributed by atoms with Gasteiger partial charge in [-0.1, -0.05) is 62.8 Å². The molecule has 0 unspecified atom stereocenters. The smallest absolute Gasteiger partial charge is 0.303 e. The summed E-state index contributed by atoms with van der Waals surface area (Å²) in [6.07, 6.45) is 14.5. The van der Waals surface area contributed by atoms with Crippen LogP contribution in [0, 0.1) is 11.8 Å². The number of rotatable bonds is 13. The van der Waals surface area contributed by atoms with Crippen molar-refractivity contribution in [2.24, 2.45) is 17.0 Å². The van der Waals surface area contributed by atoms with Crippen LogP contribution in [0.4, 0.5) is 0 Å². The first kappa shape index (κ1) is 21.7. The van der Waals surface area contributed by atoms with Gasteiger partial charge in [-0.15, -0.1) is 0 Å². The summed E-state index contributed by atoms with van der Waals surface area (Å²) in [7, 11) is 0. The van der Waals surface area contributed by atoms with Crippen LogP contribution in [0.2, 0.25) is 0 Å². The van der Waals surface area contributed by atoms with Gasteiger partial charge in [0.25, 0.3) is 0 Å². The summed E-state index contributed by atoms with van der Waals surface area (Å²) in [5, 5.41) is 31.4. The molecule has 5 nitrogen and oxygen atoms in total. The van der Waals surface area contributed by atoms with Gasteiger partial charge in [-0.25, -0.2) is 0 Å². The number of nitrogens with zero attached hydrogens (tertiary/aromatic N) is 1. The summed E-state index contributed by atoms with van der Waals surface area (Å²) in [4.78, 5) is 10.5. The van der Waals surface area contributed by atoms with Crippen molar-refractivity contribution in [1.29, 1.82) is 0 Å². The third-order valence-electron chi connectivity index (χ3n) is 5.15. The van der Waals surface area contributed by atoms with E-state index in [1.807, 2.05) is 6.08 Å². The lowest BCUT2D eigenvalue weighted by Crippen LogP contribution is -2.14. The van der Waals surface area contributed by atoms with Gasteiger partial charge in [-0.2, -0.15) is 0 Å². The molecule has 25 heavy (non-hydrogen) atoms. The fourth-order valence-corrected chi connectivity index (χ4v) is 3.65. The third-order valence-corrected chi connectivity index (χ3v) is 5.15. The summed E-state index contributed by atoms with van der Waals surface area (Å²) in [6.45, 7) is 2.16. The van der Waals surface area contributed by atoms with E-state index in [1.54, 1.807) is 0 Å². The van der Waals surface area contributed by atoms with Gasteiger partial charge in [0, 0.05) is 12.3 Å². The van der Waals surface area contributed by atoms with E-state index < -0.39 is 5.97 Å². The standard InChI is InChI=1S/C20H35NO4/c1-2-3-6-9-17(22)14-12-16-13-15-19(21-25)18(16)10-7-4-5-8-11-20(23)24/h12,14,16-18,22,25H,2-11,13,15H2,1H3,(H,23,24)/b14-12+,21-19+/t16-,17+,18+/m1/s1. The molecule has 5 heteroatoms. The van der Waals surface area contributed by atoms with Crippen molar-refractivity contribution in [3.8, 4) is 0 Å². The minimum absolute atomic E-state index is 0.244. The van der Waals surface area contributed by atoms with Crippen LogP contribution in [0.3, 0.4) is 0 Å². The van der Waals surface area contributed by atoms with Crippen molar-refractivity contribution in [3.05, 3.63) is 12.2 Å². The molecule has 1 fully saturated rings. The molecule has 0 amide bonds. The highest BCUT2D eigenvalue weighted by Crippen LogP contribution is 2.34. The molecule has 0 saturated heterocycles. The second-order valence-electron chi connectivity index (χ2n) is 7.20. The van der Waals surface area contributed by atoms with Crippen molar-refractivity contribution >= 4 is 11.7 Å². The number of oxime groups is 1. The number of unbranched alkanes of at least 4 members (excludes halogenated alkanes) is 5. The number of carbonyl (C=O) groups is 1. The van der Waals surface area contributed by atoms with Gasteiger partial charge >= 0.3 is 5.97 Å². The van der Waals surface area contributed by atoms with E-state index in [4.69, 9.17) is 5.11 Å². The molecule has 3 N–H and O–H groups in total. The van der Waals surface area contributed by atoms with Crippen LogP contribution in [0.1, 0.15) is 84.0 Å². The third kappa shape index (κ3) is 9.05. The lowest BCUT2D eigenvalue weighted by atomic mass is 9.89. The quantitative estimate of drug-likeness (QED) is 0.193. The maximum atomic E-state index is 10.5.